The summed E-state index contributed by atoms with van der Waals surface area (Å²) in [7, 11) is 0. The Balaban J connectivity index is 2.41. The number of hydrogen-bond donors (Lipinski definition) is 1. The van der Waals surface area contributed by atoms with E-state index >= 15 is 0 Å². The molecule has 1 nitrogen and oxygen atoms in total. The molecule has 0 aliphatic heterocycles. The van der Waals surface area contributed by atoms with Crippen LogP contribution in [-0.2, 0) is 0 Å². The average molecular weight is 325 g/mol. The van der Waals surface area contributed by atoms with Gasteiger partial charge in [-0.3, -0.25) is 0 Å². The van der Waals surface area contributed by atoms with Crippen molar-refractivity contribution in [2.45, 2.75) is 13.0 Å². The summed E-state index contributed by atoms with van der Waals surface area (Å²) in [6, 6.07) is 16.5. The second-order valence-corrected chi connectivity index (χ2v) is 5.39. The van der Waals surface area contributed by atoms with E-state index in [4.69, 9.17) is 11.6 Å². The fourth-order valence-corrected chi connectivity index (χ4v) is 2.78. The number of benzene rings is 2. The summed E-state index contributed by atoms with van der Waals surface area (Å²) in [5, 5.41) is 4.25. The zero-order valence-electron chi connectivity index (χ0n) is 10.2. The lowest BCUT2D eigenvalue weighted by molar-refractivity contribution is 0.631. The van der Waals surface area contributed by atoms with Crippen LogP contribution in [0.3, 0.4) is 0 Å². The Kier molecular flexibility index (Phi) is 4.81. The molecule has 0 fully saturated rings. The van der Waals surface area contributed by atoms with Gasteiger partial charge in [0.1, 0.15) is 0 Å². The highest BCUT2D eigenvalue weighted by molar-refractivity contribution is 9.10. The van der Waals surface area contributed by atoms with E-state index in [1.807, 2.05) is 30.3 Å². The van der Waals surface area contributed by atoms with E-state index in [1.165, 1.54) is 5.56 Å². The Morgan fingerprint density at radius 1 is 1.17 bits per heavy atom. The minimum absolute atomic E-state index is 0.136. The molecule has 0 spiro atoms. The van der Waals surface area contributed by atoms with Gasteiger partial charge in [-0.2, -0.15) is 0 Å². The third-order valence-corrected chi connectivity index (χ3v) is 3.64. The van der Waals surface area contributed by atoms with Gasteiger partial charge < -0.3 is 5.32 Å². The van der Waals surface area contributed by atoms with Crippen LogP contribution in [-0.4, -0.2) is 6.54 Å². The number of halogens is 2. The predicted molar refractivity (Wildman–Crippen MR) is 81.1 cm³/mol. The smallest absolute Gasteiger partial charge is 0.0591 e. The Morgan fingerprint density at radius 2 is 1.89 bits per heavy atom. The summed E-state index contributed by atoms with van der Waals surface area (Å²) < 4.78 is 1.000. The third kappa shape index (κ3) is 3.14. The van der Waals surface area contributed by atoms with E-state index in [2.05, 4.69) is 46.4 Å². The number of nitrogens with one attached hydrogen (secondary N) is 1. The third-order valence-electron chi connectivity index (χ3n) is 2.81. The Morgan fingerprint density at radius 3 is 2.50 bits per heavy atom. The molecule has 3 heteroatoms. The van der Waals surface area contributed by atoms with E-state index in [0.29, 0.717) is 0 Å². The van der Waals surface area contributed by atoms with Crippen molar-refractivity contribution >= 4 is 27.5 Å². The summed E-state index contributed by atoms with van der Waals surface area (Å²) in [5.41, 5.74) is 2.33. The van der Waals surface area contributed by atoms with Gasteiger partial charge in [0.15, 0.2) is 0 Å². The molecular formula is C15H15BrClN. The van der Waals surface area contributed by atoms with E-state index in [0.717, 1.165) is 21.6 Å². The lowest BCUT2D eigenvalue weighted by Crippen LogP contribution is -2.22. The van der Waals surface area contributed by atoms with Crippen LogP contribution in [0.4, 0.5) is 0 Å². The van der Waals surface area contributed by atoms with Gasteiger partial charge in [-0.25, -0.2) is 0 Å². The molecule has 1 unspecified atom stereocenters. The molecule has 0 bridgehead atoms. The first-order valence-corrected chi connectivity index (χ1v) is 7.12. The maximum Gasteiger partial charge on any atom is 0.0591 e. The van der Waals surface area contributed by atoms with Gasteiger partial charge in [0.2, 0.25) is 0 Å². The highest BCUT2D eigenvalue weighted by Crippen LogP contribution is 2.30. The number of hydrogen-bond acceptors (Lipinski definition) is 1. The van der Waals surface area contributed by atoms with Crippen molar-refractivity contribution in [2.24, 2.45) is 0 Å². The van der Waals surface area contributed by atoms with Crippen molar-refractivity contribution < 1.29 is 0 Å². The first kappa shape index (κ1) is 13.6. The molecule has 94 valence electrons. The normalized spacial score (nSPS) is 12.4. The van der Waals surface area contributed by atoms with Gasteiger partial charge in [-0.1, -0.05) is 70.9 Å². The topological polar surface area (TPSA) is 12.0 Å². The van der Waals surface area contributed by atoms with Crippen LogP contribution in [0, 0.1) is 0 Å². The summed E-state index contributed by atoms with van der Waals surface area (Å²) >= 11 is 9.78. The average Bonchev–Trinajstić information content (AvgIpc) is 2.38. The molecule has 0 saturated heterocycles. The molecule has 0 aliphatic rings. The first-order chi connectivity index (χ1) is 8.72. The summed E-state index contributed by atoms with van der Waals surface area (Å²) in [6.45, 7) is 2.99. The van der Waals surface area contributed by atoms with Gasteiger partial charge in [-0.05, 0) is 29.8 Å². The van der Waals surface area contributed by atoms with Crippen molar-refractivity contribution in [2.75, 3.05) is 6.54 Å². The Hall–Kier alpha value is -0.830. The Labute approximate surface area is 121 Å². The second kappa shape index (κ2) is 6.37. The summed E-state index contributed by atoms with van der Waals surface area (Å²) in [4.78, 5) is 0. The summed E-state index contributed by atoms with van der Waals surface area (Å²) in [6.07, 6.45) is 0. The van der Waals surface area contributed by atoms with E-state index in [-0.39, 0.29) is 6.04 Å². The summed E-state index contributed by atoms with van der Waals surface area (Å²) in [5.74, 6) is 0. The van der Waals surface area contributed by atoms with Crippen molar-refractivity contribution in [3.63, 3.8) is 0 Å². The van der Waals surface area contributed by atoms with Crippen LogP contribution in [0.5, 0.6) is 0 Å². The molecule has 18 heavy (non-hydrogen) atoms. The molecule has 0 radical (unpaired) electrons. The van der Waals surface area contributed by atoms with E-state index < -0.39 is 0 Å². The SMILES string of the molecule is CCNC(c1ccccc1)c1ccc(Br)cc1Cl. The molecular weight excluding hydrogens is 310 g/mol. The second-order valence-electron chi connectivity index (χ2n) is 4.07. The van der Waals surface area contributed by atoms with Gasteiger partial charge >= 0.3 is 0 Å². The monoisotopic (exact) mass is 323 g/mol. The predicted octanol–water partition coefficient (Wildman–Crippen LogP) is 4.80. The highest BCUT2D eigenvalue weighted by atomic mass is 79.9. The molecule has 0 amide bonds. The molecule has 2 rings (SSSR count). The van der Waals surface area contributed by atoms with E-state index in [1.54, 1.807) is 0 Å². The molecule has 0 heterocycles. The van der Waals surface area contributed by atoms with Gasteiger partial charge in [-0.15, -0.1) is 0 Å². The maximum absolute atomic E-state index is 6.34. The quantitative estimate of drug-likeness (QED) is 0.851. The van der Waals surface area contributed by atoms with Gasteiger partial charge in [0, 0.05) is 9.50 Å². The first-order valence-electron chi connectivity index (χ1n) is 5.95. The molecule has 2 aromatic carbocycles. The molecule has 0 saturated carbocycles. The molecule has 0 aliphatic carbocycles. The van der Waals surface area contributed by atoms with Crippen LogP contribution in [0.2, 0.25) is 5.02 Å². The highest BCUT2D eigenvalue weighted by Gasteiger charge is 2.15. The molecule has 1 atom stereocenters. The van der Waals surface area contributed by atoms with Crippen molar-refractivity contribution in [3.8, 4) is 0 Å². The van der Waals surface area contributed by atoms with E-state index in [9.17, 15) is 0 Å². The molecule has 0 aromatic heterocycles. The van der Waals surface area contributed by atoms with Gasteiger partial charge in [0.25, 0.3) is 0 Å². The fraction of sp³-hybridized carbons (Fsp3) is 0.200. The maximum atomic E-state index is 6.34. The van der Waals surface area contributed by atoms with Crippen LogP contribution in [0.25, 0.3) is 0 Å². The van der Waals surface area contributed by atoms with Crippen LogP contribution >= 0.6 is 27.5 Å². The largest absolute Gasteiger partial charge is 0.306 e. The minimum atomic E-state index is 0.136. The fourth-order valence-electron chi connectivity index (χ4n) is 1.99. The Bertz CT molecular complexity index is 513. The van der Waals surface area contributed by atoms with Crippen LogP contribution in [0.1, 0.15) is 24.1 Å². The van der Waals surface area contributed by atoms with Crippen molar-refractivity contribution in [3.05, 3.63) is 69.2 Å². The van der Waals surface area contributed by atoms with Crippen LogP contribution in [0.15, 0.2) is 53.0 Å². The molecule has 2 aromatic rings. The lowest BCUT2D eigenvalue weighted by Gasteiger charge is -2.20. The number of rotatable bonds is 4. The lowest BCUT2D eigenvalue weighted by atomic mass is 9.99. The molecule has 1 N–H and O–H groups in total. The minimum Gasteiger partial charge on any atom is -0.306 e. The van der Waals surface area contributed by atoms with Crippen molar-refractivity contribution in [1.29, 1.82) is 0 Å². The van der Waals surface area contributed by atoms with Crippen molar-refractivity contribution in [1.82, 2.24) is 5.32 Å². The van der Waals surface area contributed by atoms with Crippen LogP contribution < -0.4 is 5.32 Å². The zero-order chi connectivity index (χ0) is 13.0. The zero-order valence-corrected chi connectivity index (χ0v) is 12.5. The standard InChI is InChI=1S/C15H15BrClN/c1-2-18-15(11-6-4-3-5-7-11)13-9-8-12(16)10-14(13)17/h3-10,15,18H,2H2,1H3. The van der Waals surface area contributed by atoms with Gasteiger partial charge in [0.05, 0.1) is 6.04 Å².